The number of anilines is 2. The molecule has 1 aromatic heterocycles. The van der Waals surface area contributed by atoms with Crippen molar-refractivity contribution in [3.05, 3.63) is 109 Å². The quantitative estimate of drug-likeness (QED) is 0.155. The van der Waals surface area contributed by atoms with Gasteiger partial charge in [-0.25, -0.2) is 4.90 Å². The van der Waals surface area contributed by atoms with Gasteiger partial charge in [0.1, 0.15) is 17.5 Å². The maximum atomic E-state index is 14.1. The molecule has 3 heterocycles. The van der Waals surface area contributed by atoms with E-state index in [0.717, 1.165) is 39.1 Å². The first-order valence-corrected chi connectivity index (χ1v) is 16.1. The molecule has 4 aromatic rings. The van der Waals surface area contributed by atoms with Crippen molar-refractivity contribution in [3.8, 4) is 5.75 Å². The van der Waals surface area contributed by atoms with E-state index in [1.807, 2.05) is 24.3 Å². The maximum absolute atomic E-state index is 14.1. The number of nitrogens with zero attached hydrogens (tertiary/aromatic N) is 3. The molecule has 1 N–H and O–H groups in total. The first-order valence-electron chi connectivity index (χ1n) is 14.4. The summed E-state index contributed by atoms with van der Waals surface area (Å²) in [5.74, 6) is -2.19. The Hall–Kier alpha value is -4.75. The summed E-state index contributed by atoms with van der Waals surface area (Å²) in [6, 6.07) is 19.9. The number of nitro benzene ring substituents is 1. The predicted molar refractivity (Wildman–Crippen MR) is 176 cm³/mol. The molecule has 0 radical (unpaired) electrons. The van der Waals surface area contributed by atoms with Gasteiger partial charge in [0, 0.05) is 28.6 Å². The molecule has 0 bridgehead atoms. The summed E-state index contributed by atoms with van der Waals surface area (Å²) >= 11 is 2.08. The first-order chi connectivity index (χ1) is 21.9. The monoisotopic (exact) mass is 658 g/mol. The molecule has 2 aliphatic rings. The number of nitrogens with one attached hydrogen (secondary N) is 1. The molecule has 2 aliphatic heterocycles. The number of carbonyl (C=O) groups is 3. The van der Waals surface area contributed by atoms with E-state index in [1.54, 1.807) is 31.4 Å². The number of hydrogen-bond acceptors (Lipinski definition) is 9. The number of imide groups is 1. The molecule has 11 nitrogen and oxygen atoms in total. The Morgan fingerprint density at radius 3 is 2.20 bits per heavy atom. The number of thiazole rings is 1. The van der Waals surface area contributed by atoms with Crippen molar-refractivity contribution in [2.45, 2.75) is 48.9 Å². The van der Waals surface area contributed by atoms with E-state index in [1.165, 1.54) is 28.8 Å². The van der Waals surface area contributed by atoms with Crippen molar-refractivity contribution in [2.24, 2.45) is 5.92 Å². The van der Waals surface area contributed by atoms with Crippen LogP contribution in [0.2, 0.25) is 0 Å². The van der Waals surface area contributed by atoms with Crippen molar-refractivity contribution < 1.29 is 24.0 Å². The topological polar surface area (TPSA) is 141 Å². The van der Waals surface area contributed by atoms with Crippen LogP contribution in [0.25, 0.3) is 0 Å². The van der Waals surface area contributed by atoms with E-state index in [2.05, 4.69) is 26.1 Å². The van der Waals surface area contributed by atoms with E-state index in [4.69, 9.17) is 4.74 Å². The second kappa shape index (κ2) is 11.9. The van der Waals surface area contributed by atoms with Gasteiger partial charge in [0.15, 0.2) is 0 Å². The molecule has 6 rings (SSSR count). The number of thioether (sulfide) groups is 1. The third-order valence-corrected chi connectivity index (χ3v) is 10.8. The number of fused-ring (bicyclic) bond motifs is 2. The van der Waals surface area contributed by atoms with Crippen LogP contribution in [-0.4, -0.2) is 39.6 Å². The van der Waals surface area contributed by atoms with Gasteiger partial charge in [-0.05, 0) is 52.9 Å². The maximum Gasteiger partial charge on any atom is 0.308 e. The Morgan fingerprint density at radius 1 is 0.957 bits per heavy atom. The van der Waals surface area contributed by atoms with Crippen LogP contribution in [0.5, 0.6) is 5.75 Å². The van der Waals surface area contributed by atoms with Crippen LogP contribution in [0.3, 0.4) is 0 Å². The number of hydrogen-bond donors (Lipinski definition) is 1. The lowest BCUT2D eigenvalue weighted by Gasteiger charge is -2.31. The summed E-state index contributed by atoms with van der Waals surface area (Å²) < 4.78 is 6.53. The van der Waals surface area contributed by atoms with Gasteiger partial charge < -0.3 is 10.1 Å². The average Bonchev–Trinajstić information content (AvgIpc) is 3.47. The number of non-ortho nitro benzene ring substituents is 1. The molecular weight excluding hydrogens is 629 g/mol. The minimum atomic E-state index is -0.882. The minimum absolute atomic E-state index is 0.119. The molecule has 1 fully saturated rings. The normalized spacial score (nSPS) is 19.0. The fourth-order valence-electron chi connectivity index (χ4n) is 5.80. The fraction of sp³-hybridized carbons (Fsp3) is 0.273. The van der Waals surface area contributed by atoms with Crippen LogP contribution < -0.4 is 19.8 Å². The number of methoxy groups -OCH3 is 1. The van der Waals surface area contributed by atoms with Crippen molar-refractivity contribution >= 4 is 57.9 Å². The SMILES string of the molecule is COc1ccc(NC(=O)Cn2c3c(sc2=O)[C@@H](c2ccc(C(C)(C)C)cc2)[C@H]2C(=O)N(c4ccc([N+](=O)[O-])cc4)C(=O)[C@H]2S3)cc1. The second-order valence-corrected chi connectivity index (χ2v) is 14.2. The molecule has 0 unspecified atom stereocenters. The number of nitro groups is 1. The molecule has 0 spiro atoms. The average molecular weight is 659 g/mol. The molecule has 13 heteroatoms. The Morgan fingerprint density at radius 2 is 1.61 bits per heavy atom. The summed E-state index contributed by atoms with van der Waals surface area (Å²) in [6.07, 6.45) is 0. The van der Waals surface area contributed by atoms with Crippen LogP contribution in [0.1, 0.15) is 42.7 Å². The smallest absolute Gasteiger partial charge is 0.308 e. The summed E-state index contributed by atoms with van der Waals surface area (Å²) in [4.78, 5) is 66.6. The number of ether oxygens (including phenoxy) is 1. The molecule has 0 saturated carbocycles. The molecule has 3 amide bonds. The third kappa shape index (κ3) is 5.60. The standard InChI is InChI=1S/C33H30N4O7S2/c1-33(2,3)19-7-5-18(6-8-19)25-26-27(30(40)36(29(26)39)21-11-13-22(14-12-21)37(42)43)45-31-28(25)46-32(41)35(31)17-24(38)34-20-9-15-23(44-4)16-10-20/h5-16,25-27H,17H2,1-4H3,(H,34,38)/t25-,26+,27-/m0/s1. The summed E-state index contributed by atoms with van der Waals surface area (Å²) in [7, 11) is 1.54. The lowest BCUT2D eigenvalue weighted by molar-refractivity contribution is -0.384. The van der Waals surface area contributed by atoms with E-state index < -0.39 is 39.7 Å². The fourth-order valence-corrected chi connectivity index (χ4v) is 8.57. The summed E-state index contributed by atoms with van der Waals surface area (Å²) in [5.41, 5.74) is 2.34. The van der Waals surface area contributed by atoms with Crippen molar-refractivity contribution in [2.75, 3.05) is 17.3 Å². The number of benzene rings is 3. The molecule has 1 saturated heterocycles. The number of carbonyl (C=O) groups excluding carboxylic acids is 3. The summed E-state index contributed by atoms with van der Waals surface area (Å²) in [5, 5.41) is 13.6. The van der Waals surface area contributed by atoms with Gasteiger partial charge in [0.2, 0.25) is 17.7 Å². The number of amides is 3. The lowest BCUT2D eigenvalue weighted by atomic mass is 9.81. The first kappa shape index (κ1) is 31.2. The highest BCUT2D eigenvalue weighted by Crippen LogP contribution is 2.54. The van der Waals surface area contributed by atoms with Gasteiger partial charge in [-0.1, -0.05) is 68.1 Å². The van der Waals surface area contributed by atoms with Crippen molar-refractivity contribution in [1.82, 2.24) is 4.57 Å². The Kier molecular flexibility index (Phi) is 8.07. The van der Waals surface area contributed by atoms with E-state index in [0.29, 0.717) is 21.3 Å². The zero-order valence-corrected chi connectivity index (χ0v) is 27.0. The van der Waals surface area contributed by atoms with Crippen LogP contribution in [0, 0.1) is 16.0 Å². The molecular formula is C33H30N4O7S2. The van der Waals surface area contributed by atoms with Gasteiger partial charge >= 0.3 is 4.87 Å². The van der Waals surface area contributed by atoms with E-state index in [9.17, 15) is 29.3 Å². The molecule has 46 heavy (non-hydrogen) atoms. The second-order valence-electron chi connectivity index (χ2n) is 12.1. The minimum Gasteiger partial charge on any atom is -0.497 e. The van der Waals surface area contributed by atoms with Crippen LogP contribution in [0.15, 0.2) is 82.6 Å². The zero-order chi connectivity index (χ0) is 32.9. The highest BCUT2D eigenvalue weighted by molar-refractivity contribution is 8.00. The Bertz CT molecular complexity index is 1910. The van der Waals surface area contributed by atoms with Crippen molar-refractivity contribution in [3.63, 3.8) is 0 Å². The van der Waals surface area contributed by atoms with Crippen molar-refractivity contribution in [1.29, 1.82) is 0 Å². The van der Waals surface area contributed by atoms with Gasteiger partial charge in [-0.15, -0.1) is 0 Å². The van der Waals surface area contributed by atoms with Gasteiger partial charge in [-0.2, -0.15) is 0 Å². The molecule has 3 aromatic carbocycles. The molecule has 0 aliphatic carbocycles. The van der Waals surface area contributed by atoms with E-state index >= 15 is 0 Å². The summed E-state index contributed by atoms with van der Waals surface area (Å²) in [6.45, 7) is 6.00. The van der Waals surface area contributed by atoms with Crippen LogP contribution >= 0.6 is 23.1 Å². The van der Waals surface area contributed by atoms with Crippen LogP contribution in [-0.2, 0) is 26.3 Å². The molecule has 236 valence electrons. The van der Waals surface area contributed by atoms with E-state index in [-0.39, 0.29) is 28.2 Å². The lowest BCUT2D eigenvalue weighted by Crippen LogP contribution is -2.33. The number of rotatable bonds is 7. The highest BCUT2D eigenvalue weighted by Gasteiger charge is 2.57. The van der Waals surface area contributed by atoms with Gasteiger partial charge in [-0.3, -0.25) is 33.9 Å². The molecule has 3 atom stereocenters. The number of aromatic nitrogens is 1. The Balaban J connectivity index is 1.39. The third-order valence-electron chi connectivity index (χ3n) is 8.18. The van der Waals surface area contributed by atoms with Gasteiger partial charge in [0.25, 0.3) is 5.69 Å². The predicted octanol–water partition coefficient (Wildman–Crippen LogP) is 5.56. The Labute approximate surface area is 272 Å². The highest BCUT2D eigenvalue weighted by atomic mass is 32.2. The zero-order valence-electron chi connectivity index (χ0n) is 25.4. The van der Waals surface area contributed by atoms with Gasteiger partial charge in [0.05, 0.1) is 28.7 Å². The van der Waals surface area contributed by atoms with Crippen LogP contribution in [0.4, 0.5) is 17.1 Å². The largest absolute Gasteiger partial charge is 0.497 e.